The predicted molar refractivity (Wildman–Crippen MR) is 173 cm³/mol. The molecule has 0 radical (unpaired) electrons. The maximum Gasteiger partial charge on any atom is 0.247 e. The third kappa shape index (κ3) is 5.74. The molecule has 0 saturated carbocycles. The molecule has 4 aliphatic heterocycles. The summed E-state index contributed by atoms with van der Waals surface area (Å²) in [6.45, 7) is 17.2. The quantitative estimate of drug-likeness (QED) is 0.318. The van der Waals surface area contributed by atoms with E-state index in [9.17, 15) is 19.5 Å². The van der Waals surface area contributed by atoms with Crippen LogP contribution in [0.25, 0.3) is 0 Å². The van der Waals surface area contributed by atoms with Crippen LogP contribution in [0.4, 0.5) is 0 Å². The van der Waals surface area contributed by atoms with Crippen molar-refractivity contribution < 1.29 is 24.2 Å². The number of hydrogen-bond acceptors (Lipinski definition) is 7. The Hall–Kier alpha value is -2.66. The van der Waals surface area contributed by atoms with Crippen molar-refractivity contribution in [2.45, 2.75) is 48.8 Å². The lowest BCUT2D eigenvalue weighted by molar-refractivity contribution is -0.147. The van der Waals surface area contributed by atoms with Crippen LogP contribution in [-0.4, -0.2) is 124 Å². The maximum atomic E-state index is 14.9. The summed E-state index contributed by atoms with van der Waals surface area (Å²) < 4.78 is 4.74. The molecule has 7 atom stereocenters. The second-order valence-electron chi connectivity index (χ2n) is 12.5. The Bertz CT molecular complexity index is 1210. The minimum Gasteiger partial charge on any atom is -0.394 e. The summed E-state index contributed by atoms with van der Waals surface area (Å²) >= 11 is 1.68. The van der Waals surface area contributed by atoms with Gasteiger partial charge < -0.3 is 24.5 Å². The van der Waals surface area contributed by atoms with Gasteiger partial charge in [-0.25, -0.2) is 0 Å². The summed E-state index contributed by atoms with van der Waals surface area (Å²) in [5, 5.41) is 10.8. The predicted octanol–water partition coefficient (Wildman–Crippen LogP) is 2.83. The molecule has 9 nitrogen and oxygen atoms in total. The zero-order chi connectivity index (χ0) is 31.4. The van der Waals surface area contributed by atoms with Crippen LogP contribution in [0.3, 0.4) is 0 Å². The average Bonchev–Trinajstić information content (AvgIpc) is 3.63. The lowest BCUT2D eigenvalue weighted by Gasteiger charge is -2.42. The average molecular weight is 625 g/mol. The Kier molecular flexibility index (Phi) is 10.6. The van der Waals surface area contributed by atoms with Crippen molar-refractivity contribution in [1.29, 1.82) is 0 Å². The number of morpholine rings is 1. The first-order valence-electron chi connectivity index (χ1n) is 16.1. The number of aliphatic hydroxyl groups excluding tert-OH is 1. The number of ether oxygens (including phenoxy) is 1. The first-order chi connectivity index (χ1) is 21.3. The molecular formula is C34H48N4O5S. The van der Waals surface area contributed by atoms with Crippen molar-refractivity contribution in [1.82, 2.24) is 19.6 Å². The first kappa shape index (κ1) is 32.7. The molecule has 4 saturated heterocycles. The smallest absolute Gasteiger partial charge is 0.247 e. The van der Waals surface area contributed by atoms with Gasteiger partial charge in [0.25, 0.3) is 0 Å². The van der Waals surface area contributed by atoms with Gasteiger partial charge in [-0.2, -0.15) is 0 Å². The second-order valence-corrected chi connectivity index (χ2v) is 14.1. The molecule has 240 valence electrons. The number of carbonyl (C=O) groups excluding carboxylic acids is 3. The number of nitrogens with zero attached hydrogens (tertiary/aromatic N) is 4. The number of hydrogen-bond donors (Lipinski definition) is 1. The lowest BCUT2D eigenvalue weighted by atomic mass is 9.65. The molecule has 0 aromatic heterocycles. The number of amides is 3. The van der Waals surface area contributed by atoms with E-state index in [0.717, 1.165) is 31.5 Å². The van der Waals surface area contributed by atoms with Crippen LogP contribution in [0.2, 0.25) is 0 Å². The van der Waals surface area contributed by atoms with Crippen molar-refractivity contribution in [3.05, 3.63) is 61.2 Å². The third-order valence-corrected chi connectivity index (χ3v) is 12.1. The third-order valence-electron chi connectivity index (χ3n) is 10.0. The zero-order valence-electron chi connectivity index (χ0n) is 26.2. The molecule has 2 bridgehead atoms. The van der Waals surface area contributed by atoms with E-state index in [4.69, 9.17) is 4.74 Å². The highest BCUT2D eigenvalue weighted by Crippen LogP contribution is 2.69. The van der Waals surface area contributed by atoms with Gasteiger partial charge in [-0.05, 0) is 24.3 Å². The number of aliphatic hydroxyl groups is 1. The minimum atomic E-state index is -0.816. The van der Waals surface area contributed by atoms with Gasteiger partial charge in [-0.1, -0.05) is 56.3 Å². The summed E-state index contributed by atoms with van der Waals surface area (Å²) in [7, 11) is 0. The molecule has 4 aliphatic rings. The van der Waals surface area contributed by atoms with Crippen LogP contribution >= 0.6 is 11.8 Å². The Labute approximate surface area is 266 Å². The Morgan fingerprint density at radius 3 is 2.39 bits per heavy atom. The summed E-state index contributed by atoms with van der Waals surface area (Å²) in [5.41, 5.74) is 0.774. The van der Waals surface area contributed by atoms with Crippen molar-refractivity contribution in [2.24, 2.45) is 17.8 Å². The van der Waals surface area contributed by atoms with E-state index in [1.165, 1.54) is 0 Å². The summed E-state index contributed by atoms with van der Waals surface area (Å²) in [5.74, 6) is -1.49. The van der Waals surface area contributed by atoms with Crippen LogP contribution < -0.4 is 0 Å². The van der Waals surface area contributed by atoms with Crippen molar-refractivity contribution in [2.75, 3.05) is 65.6 Å². The van der Waals surface area contributed by atoms with E-state index >= 15 is 0 Å². The zero-order valence-corrected chi connectivity index (χ0v) is 27.0. The van der Waals surface area contributed by atoms with Crippen molar-refractivity contribution in [3.63, 3.8) is 0 Å². The van der Waals surface area contributed by atoms with E-state index < -0.39 is 28.7 Å². The topological polar surface area (TPSA) is 93.6 Å². The second kappa shape index (κ2) is 14.2. The fourth-order valence-electron chi connectivity index (χ4n) is 8.02. The summed E-state index contributed by atoms with van der Waals surface area (Å²) in [4.78, 5) is 51.6. The van der Waals surface area contributed by atoms with Gasteiger partial charge in [-0.15, -0.1) is 24.9 Å². The van der Waals surface area contributed by atoms with Crippen molar-refractivity contribution >= 4 is 29.5 Å². The van der Waals surface area contributed by atoms with E-state index in [-0.39, 0.29) is 35.5 Å². The monoisotopic (exact) mass is 624 g/mol. The van der Waals surface area contributed by atoms with Crippen LogP contribution in [0.5, 0.6) is 0 Å². The molecule has 3 unspecified atom stereocenters. The normalized spacial score (nSPS) is 30.2. The van der Waals surface area contributed by atoms with Crippen molar-refractivity contribution in [3.8, 4) is 0 Å². The standard InChI is InChI=1S/C34H48N4O5S/c1-5-13-36(14-6-2)31(40)28-27-22-24(4)34(44-27)29(28)32(41)38(26(23-39)25-11-9-8-10-12-25)30(34)33(42)37(15-7-3)17-16-35-18-20-43-21-19-35/h5,7-12,24,26-30,39H,1,3,6,13-23H2,2,4H3/t24?,26-,27-,28+,29+,30?,34?/m1/s1. The lowest BCUT2D eigenvalue weighted by Crippen LogP contribution is -2.58. The van der Waals surface area contributed by atoms with Gasteiger partial charge in [0.05, 0.1) is 42.4 Å². The van der Waals surface area contributed by atoms with Gasteiger partial charge in [0.2, 0.25) is 17.7 Å². The number of thioether (sulfide) groups is 1. The number of benzene rings is 1. The Morgan fingerprint density at radius 1 is 1.11 bits per heavy atom. The van der Waals surface area contributed by atoms with Gasteiger partial charge in [0.1, 0.15) is 6.04 Å². The molecule has 1 spiro atoms. The van der Waals surface area contributed by atoms with E-state index in [1.807, 2.05) is 47.1 Å². The highest BCUT2D eigenvalue weighted by atomic mass is 32.2. The fraction of sp³-hybridized carbons (Fsp3) is 0.618. The highest BCUT2D eigenvalue weighted by Gasteiger charge is 2.77. The molecule has 5 rings (SSSR count). The molecule has 4 heterocycles. The largest absolute Gasteiger partial charge is 0.394 e. The Balaban J connectivity index is 1.56. The number of fused-ring (bicyclic) bond motifs is 1. The summed E-state index contributed by atoms with van der Waals surface area (Å²) in [6.07, 6.45) is 5.04. The van der Waals surface area contributed by atoms with Crippen LogP contribution in [0.1, 0.15) is 38.3 Å². The molecule has 1 aromatic rings. The molecule has 44 heavy (non-hydrogen) atoms. The van der Waals surface area contributed by atoms with Gasteiger partial charge >= 0.3 is 0 Å². The first-order valence-corrected chi connectivity index (χ1v) is 17.0. The molecule has 4 fully saturated rings. The van der Waals surface area contributed by atoms with E-state index in [1.54, 1.807) is 28.8 Å². The van der Waals surface area contributed by atoms with Gasteiger partial charge in [-0.3, -0.25) is 19.3 Å². The molecule has 10 heteroatoms. The van der Waals surface area contributed by atoms with Gasteiger partial charge in [0, 0.05) is 51.1 Å². The number of rotatable bonds is 14. The van der Waals surface area contributed by atoms with E-state index in [0.29, 0.717) is 45.9 Å². The molecule has 1 aromatic carbocycles. The summed E-state index contributed by atoms with van der Waals surface area (Å²) in [6, 6.07) is 7.93. The van der Waals surface area contributed by atoms with E-state index in [2.05, 4.69) is 25.0 Å². The molecular weight excluding hydrogens is 576 g/mol. The minimum absolute atomic E-state index is 0.0278. The van der Waals surface area contributed by atoms with Crippen LogP contribution in [-0.2, 0) is 19.1 Å². The molecule has 1 N–H and O–H groups in total. The Morgan fingerprint density at radius 2 is 1.77 bits per heavy atom. The molecule has 0 aliphatic carbocycles. The molecule has 3 amide bonds. The SMILES string of the molecule is C=CCN(CCN1CCOCC1)C(=O)C1N([C@H](CO)c2ccccc2)C(=O)[C@@H]2[C@@H](C(=O)N(CC=C)CCC)[C@H]3CC(C)C12S3. The van der Waals surface area contributed by atoms with Crippen LogP contribution in [0, 0.1) is 17.8 Å². The van der Waals surface area contributed by atoms with Crippen LogP contribution in [0.15, 0.2) is 55.6 Å². The highest BCUT2D eigenvalue weighted by molar-refractivity contribution is 8.02. The van der Waals surface area contributed by atoms with Gasteiger partial charge in [0.15, 0.2) is 0 Å². The maximum absolute atomic E-state index is 14.9. The fourth-order valence-corrected chi connectivity index (χ4v) is 10.4. The number of likely N-dealkylation sites (tertiary alicyclic amines) is 1. The number of carbonyl (C=O) groups is 3.